The van der Waals surface area contributed by atoms with Crippen LogP contribution in [0.5, 0.6) is 0 Å². The second-order valence-electron chi connectivity index (χ2n) is 3.31. The van der Waals surface area contributed by atoms with Crippen LogP contribution in [0.15, 0.2) is 0 Å². The van der Waals surface area contributed by atoms with Gasteiger partial charge >= 0.3 is 0 Å². The molecular formula is C7H12S2. The number of fused-ring (bicyclic) bond motifs is 2. The Labute approximate surface area is 67.2 Å². The van der Waals surface area contributed by atoms with Crippen LogP contribution in [0, 0.1) is 11.8 Å². The van der Waals surface area contributed by atoms with E-state index in [2.05, 4.69) is 25.3 Å². The van der Waals surface area contributed by atoms with E-state index in [9.17, 15) is 0 Å². The monoisotopic (exact) mass is 160 g/mol. The molecule has 0 nitrogen and oxygen atoms in total. The van der Waals surface area contributed by atoms with Crippen molar-refractivity contribution in [1.82, 2.24) is 0 Å². The summed E-state index contributed by atoms with van der Waals surface area (Å²) in [5.74, 6) is 1.81. The minimum Gasteiger partial charge on any atom is -0.174 e. The van der Waals surface area contributed by atoms with Gasteiger partial charge in [-0.1, -0.05) is 0 Å². The topological polar surface area (TPSA) is 0 Å². The van der Waals surface area contributed by atoms with Crippen molar-refractivity contribution in [3.8, 4) is 0 Å². The highest BCUT2D eigenvalue weighted by Gasteiger charge is 2.43. The van der Waals surface area contributed by atoms with Crippen LogP contribution in [0.1, 0.15) is 19.3 Å². The fraction of sp³-hybridized carbons (Fsp3) is 1.00. The number of hydrogen-bond acceptors (Lipinski definition) is 2. The van der Waals surface area contributed by atoms with E-state index in [0.29, 0.717) is 10.5 Å². The molecule has 0 spiro atoms. The Balaban J connectivity index is 2.15. The van der Waals surface area contributed by atoms with E-state index < -0.39 is 0 Å². The van der Waals surface area contributed by atoms with Crippen molar-refractivity contribution in [3.05, 3.63) is 0 Å². The third kappa shape index (κ3) is 0.829. The van der Waals surface area contributed by atoms with Gasteiger partial charge in [0.25, 0.3) is 0 Å². The van der Waals surface area contributed by atoms with Gasteiger partial charge in [0.15, 0.2) is 0 Å². The molecule has 0 radical (unpaired) electrons. The summed E-state index contributed by atoms with van der Waals surface area (Å²) in [5, 5.41) is 1.21. The standard InChI is InChI=1S/C7H12S2/c8-6-4-1-2-5(3-4)7(6)9/h4-9H,1-3H2/t4-,5+,6?,7?. The SMILES string of the molecule is SC1C(S)[C@H]2CC[C@@H]1C2. The van der Waals surface area contributed by atoms with E-state index in [0.717, 1.165) is 11.8 Å². The zero-order valence-electron chi connectivity index (χ0n) is 5.33. The molecule has 0 amide bonds. The number of rotatable bonds is 0. The molecule has 2 aliphatic carbocycles. The van der Waals surface area contributed by atoms with E-state index in [1.807, 2.05) is 0 Å². The van der Waals surface area contributed by atoms with Crippen molar-refractivity contribution in [3.63, 3.8) is 0 Å². The maximum Gasteiger partial charge on any atom is 0.0164 e. The van der Waals surface area contributed by atoms with Gasteiger partial charge in [-0.15, -0.1) is 0 Å². The molecule has 0 aliphatic heterocycles. The Morgan fingerprint density at radius 3 is 1.56 bits per heavy atom. The van der Waals surface area contributed by atoms with E-state index >= 15 is 0 Å². The van der Waals surface area contributed by atoms with Crippen LogP contribution in [0.2, 0.25) is 0 Å². The third-order valence-corrected chi connectivity index (χ3v) is 4.55. The Bertz CT molecular complexity index is 106. The highest BCUT2D eigenvalue weighted by atomic mass is 32.1. The predicted octanol–water partition coefficient (Wildman–Crippen LogP) is 2.01. The molecule has 2 heteroatoms. The summed E-state index contributed by atoms with van der Waals surface area (Å²) >= 11 is 9.03. The molecule has 2 saturated carbocycles. The molecular weight excluding hydrogens is 148 g/mol. The first kappa shape index (κ1) is 6.41. The highest BCUT2D eigenvalue weighted by molar-refractivity contribution is 7.85. The molecule has 0 aromatic carbocycles. The van der Waals surface area contributed by atoms with Gasteiger partial charge in [0.1, 0.15) is 0 Å². The Morgan fingerprint density at radius 2 is 1.33 bits per heavy atom. The first-order chi connectivity index (χ1) is 4.29. The molecule has 52 valence electrons. The Kier molecular flexibility index (Phi) is 1.49. The van der Waals surface area contributed by atoms with Crippen LogP contribution in [-0.2, 0) is 0 Å². The number of hydrogen-bond donors (Lipinski definition) is 2. The van der Waals surface area contributed by atoms with Crippen LogP contribution >= 0.6 is 25.3 Å². The lowest BCUT2D eigenvalue weighted by molar-refractivity contribution is 0.508. The second-order valence-corrected chi connectivity index (χ2v) is 4.51. The van der Waals surface area contributed by atoms with Gasteiger partial charge in [0.2, 0.25) is 0 Å². The molecule has 2 unspecified atom stereocenters. The van der Waals surface area contributed by atoms with Crippen molar-refractivity contribution < 1.29 is 0 Å². The zero-order valence-corrected chi connectivity index (χ0v) is 7.11. The molecule has 2 aliphatic rings. The zero-order chi connectivity index (χ0) is 6.43. The van der Waals surface area contributed by atoms with Gasteiger partial charge in [-0.25, -0.2) is 0 Å². The van der Waals surface area contributed by atoms with Crippen LogP contribution < -0.4 is 0 Å². The molecule has 9 heavy (non-hydrogen) atoms. The molecule has 0 heterocycles. The minimum atomic E-state index is 0.604. The first-order valence-corrected chi connectivity index (χ1v) is 4.68. The van der Waals surface area contributed by atoms with Gasteiger partial charge in [0.05, 0.1) is 0 Å². The second kappa shape index (κ2) is 2.09. The van der Waals surface area contributed by atoms with Crippen molar-refractivity contribution >= 4 is 25.3 Å². The molecule has 0 N–H and O–H groups in total. The quantitative estimate of drug-likeness (QED) is 0.498. The lowest BCUT2D eigenvalue weighted by atomic mass is 10.00. The Hall–Kier alpha value is 0.700. The minimum absolute atomic E-state index is 0.604. The lowest BCUT2D eigenvalue weighted by Gasteiger charge is -2.22. The van der Waals surface area contributed by atoms with Gasteiger partial charge in [0, 0.05) is 10.5 Å². The van der Waals surface area contributed by atoms with Crippen LogP contribution in [0.3, 0.4) is 0 Å². The molecule has 0 aromatic rings. The normalized spacial score (nSPS) is 56.7. The van der Waals surface area contributed by atoms with E-state index in [4.69, 9.17) is 0 Å². The predicted molar refractivity (Wildman–Crippen MR) is 46.4 cm³/mol. The van der Waals surface area contributed by atoms with Crippen molar-refractivity contribution in [2.75, 3.05) is 0 Å². The molecule has 0 saturated heterocycles. The average Bonchev–Trinajstić information content (AvgIpc) is 2.37. The van der Waals surface area contributed by atoms with E-state index in [1.54, 1.807) is 0 Å². The molecule has 2 fully saturated rings. The molecule has 2 rings (SSSR count). The van der Waals surface area contributed by atoms with Gasteiger partial charge in [-0.3, -0.25) is 0 Å². The summed E-state index contributed by atoms with van der Waals surface area (Å²) in [7, 11) is 0. The summed E-state index contributed by atoms with van der Waals surface area (Å²) in [6.45, 7) is 0. The summed E-state index contributed by atoms with van der Waals surface area (Å²) in [4.78, 5) is 0. The maximum absolute atomic E-state index is 4.52. The summed E-state index contributed by atoms with van der Waals surface area (Å²) in [6.07, 6.45) is 4.23. The van der Waals surface area contributed by atoms with Crippen molar-refractivity contribution in [2.24, 2.45) is 11.8 Å². The van der Waals surface area contributed by atoms with Crippen LogP contribution in [0.4, 0.5) is 0 Å². The summed E-state index contributed by atoms with van der Waals surface area (Å²) in [5.41, 5.74) is 0. The average molecular weight is 160 g/mol. The largest absolute Gasteiger partial charge is 0.174 e. The van der Waals surface area contributed by atoms with Crippen molar-refractivity contribution in [1.29, 1.82) is 0 Å². The molecule has 0 aromatic heterocycles. The highest BCUT2D eigenvalue weighted by Crippen LogP contribution is 2.49. The summed E-state index contributed by atoms with van der Waals surface area (Å²) < 4.78 is 0. The smallest absolute Gasteiger partial charge is 0.0164 e. The van der Waals surface area contributed by atoms with Crippen LogP contribution in [0.25, 0.3) is 0 Å². The van der Waals surface area contributed by atoms with E-state index in [1.165, 1.54) is 19.3 Å². The fourth-order valence-electron chi connectivity index (χ4n) is 2.23. The maximum atomic E-state index is 4.52. The number of thiol groups is 2. The first-order valence-electron chi connectivity index (χ1n) is 3.65. The van der Waals surface area contributed by atoms with Gasteiger partial charge in [-0.2, -0.15) is 25.3 Å². The summed E-state index contributed by atoms with van der Waals surface area (Å²) in [6, 6.07) is 0. The van der Waals surface area contributed by atoms with Crippen molar-refractivity contribution in [2.45, 2.75) is 29.8 Å². The Morgan fingerprint density at radius 1 is 0.889 bits per heavy atom. The third-order valence-electron chi connectivity index (χ3n) is 2.83. The van der Waals surface area contributed by atoms with Gasteiger partial charge in [-0.05, 0) is 31.1 Å². The van der Waals surface area contributed by atoms with Crippen LogP contribution in [-0.4, -0.2) is 10.5 Å². The molecule has 2 bridgehead atoms. The lowest BCUT2D eigenvalue weighted by Crippen LogP contribution is -2.22. The molecule has 4 atom stereocenters. The van der Waals surface area contributed by atoms with Gasteiger partial charge < -0.3 is 0 Å². The fourth-order valence-corrected chi connectivity index (χ4v) is 3.26. The van der Waals surface area contributed by atoms with E-state index in [-0.39, 0.29) is 0 Å².